The largest absolute Gasteiger partial charge is 0.448 e. The number of fused-ring (bicyclic) bond motifs is 1. The van der Waals surface area contributed by atoms with Crippen LogP contribution in [0, 0.1) is 0 Å². The van der Waals surface area contributed by atoms with Crippen LogP contribution in [0.25, 0.3) is 10.9 Å². The van der Waals surface area contributed by atoms with Crippen molar-refractivity contribution in [2.24, 2.45) is 0 Å². The zero-order valence-electron chi connectivity index (χ0n) is 8.11. The van der Waals surface area contributed by atoms with Crippen molar-refractivity contribution in [3.05, 3.63) is 28.9 Å². The van der Waals surface area contributed by atoms with E-state index in [9.17, 15) is 4.79 Å². The molecule has 4 nitrogen and oxygen atoms in total. The predicted octanol–water partition coefficient (Wildman–Crippen LogP) is 2.80. The Morgan fingerprint density at radius 1 is 1.60 bits per heavy atom. The SMILES string of the molecule is CCOC(=O)n1ncc2cc(Br)ccc21. The lowest BCUT2D eigenvalue weighted by Gasteiger charge is -2.01. The average molecular weight is 269 g/mol. The van der Waals surface area contributed by atoms with Crippen LogP contribution in [0.3, 0.4) is 0 Å². The summed E-state index contributed by atoms with van der Waals surface area (Å²) in [6.07, 6.45) is 1.19. The fourth-order valence-electron chi connectivity index (χ4n) is 1.33. The normalized spacial score (nSPS) is 10.5. The summed E-state index contributed by atoms with van der Waals surface area (Å²) >= 11 is 3.36. The fourth-order valence-corrected chi connectivity index (χ4v) is 1.71. The lowest BCUT2D eigenvalue weighted by molar-refractivity contribution is 0.151. The third kappa shape index (κ3) is 1.87. The van der Waals surface area contributed by atoms with Crippen molar-refractivity contribution in [3.63, 3.8) is 0 Å². The van der Waals surface area contributed by atoms with E-state index in [2.05, 4.69) is 21.0 Å². The Hall–Kier alpha value is -1.36. The molecule has 0 amide bonds. The molecule has 0 aliphatic rings. The summed E-state index contributed by atoms with van der Waals surface area (Å²) < 4.78 is 7.09. The fraction of sp³-hybridized carbons (Fsp3) is 0.200. The number of hydrogen-bond acceptors (Lipinski definition) is 3. The minimum atomic E-state index is -0.449. The lowest BCUT2D eigenvalue weighted by atomic mass is 10.3. The van der Waals surface area contributed by atoms with E-state index in [0.29, 0.717) is 6.61 Å². The molecule has 0 fully saturated rings. The van der Waals surface area contributed by atoms with Crippen LogP contribution in [0.15, 0.2) is 28.9 Å². The first kappa shape index (κ1) is 10.2. The zero-order valence-corrected chi connectivity index (χ0v) is 9.69. The maximum atomic E-state index is 11.5. The van der Waals surface area contributed by atoms with Crippen molar-refractivity contribution >= 4 is 32.9 Å². The molecular weight excluding hydrogens is 260 g/mol. The minimum Gasteiger partial charge on any atom is -0.448 e. The van der Waals surface area contributed by atoms with E-state index >= 15 is 0 Å². The quantitative estimate of drug-likeness (QED) is 0.799. The zero-order chi connectivity index (χ0) is 10.8. The maximum absolute atomic E-state index is 11.5. The van der Waals surface area contributed by atoms with E-state index in [-0.39, 0.29) is 0 Å². The molecule has 0 aliphatic carbocycles. The molecule has 0 N–H and O–H groups in total. The van der Waals surface area contributed by atoms with Crippen LogP contribution in [-0.2, 0) is 4.74 Å². The van der Waals surface area contributed by atoms with Crippen molar-refractivity contribution in [2.75, 3.05) is 6.61 Å². The van der Waals surface area contributed by atoms with E-state index in [1.54, 1.807) is 13.1 Å². The Labute approximate surface area is 95.0 Å². The number of ether oxygens (including phenoxy) is 1. The van der Waals surface area contributed by atoms with Gasteiger partial charge in [0.2, 0.25) is 0 Å². The monoisotopic (exact) mass is 268 g/mol. The molecule has 0 radical (unpaired) electrons. The molecule has 1 aromatic carbocycles. The Balaban J connectivity index is 2.49. The molecule has 1 aromatic heterocycles. The van der Waals surface area contributed by atoms with Gasteiger partial charge in [0.15, 0.2) is 0 Å². The summed E-state index contributed by atoms with van der Waals surface area (Å²) in [6, 6.07) is 5.58. The van der Waals surface area contributed by atoms with Gasteiger partial charge in [-0.05, 0) is 25.1 Å². The third-order valence-corrected chi connectivity index (χ3v) is 2.46. The van der Waals surface area contributed by atoms with Crippen molar-refractivity contribution in [1.82, 2.24) is 9.78 Å². The van der Waals surface area contributed by atoms with Crippen molar-refractivity contribution in [3.8, 4) is 0 Å². The second-order valence-electron chi connectivity index (χ2n) is 2.96. The number of carbonyl (C=O) groups is 1. The molecule has 0 spiro atoms. The average Bonchev–Trinajstić information content (AvgIpc) is 2.60. The van der Waals surface area contributed by atoms with Gasteiger partial charge < -0.3 is 4.74 Å². The first-order chi connectivity index (χ1) is 7.22. The van der Waals surface area contributed by atoms with E-state index in [1.165, 1.54) is 4.68 Å². The van der Waals surface area contributed by atoms with Crippen molar-refractivity contribution < 1.29 is 9.53 Å². The molecule has 0 saturated carbocycles. The Morgan fingerprint density at radius 2 is 2.40 bits per heavy atom. The molecule has 0 saturated heterocycles. The van der Waals surface area contributed by atoms with Crippen LogP contribution in [0.4, 0.5) is 4.79 Å². The number of rotatable bonds is 1. The highest BCUT2D eigenvalue weighted by atomic mass is 79.9. The van der Waals surface area contributed by atoms with Crippen LogP contribution in [0.2, 0.25) is 0 Å². The summed E-state index contributed by atoms with van der Waals surface area (Å²) in [5.74, 6) is 0. The smallest absolute Gasteiger partial charge is 0.435 e. The van der Waals surface area contributed by atoms with Gasteiger partial charge in [0.05, 0.1) is 18.3 Å². The van der Waals surface area contributed by atoms with Gasteiger partial charge in [-0.2, -0.15) is 9.78 Å². The molecule has 1 heterocycles. The summed E-state index contributed by atoms with van der Waals surface area (Å²) in [5, 5.41) is 4.88. The second kappa shape index (κ2) is 4.02. The Bertz CT molecular complexity index is 507. The van der Waals surface area contributed by atoms with Crippen molar-refractivity contribution in [1.29, 1.82) is 0 Å². The molecule has 0 bridgehead atoms. The summed E-state index contributed by atoms with van der Waals surface area (Å²) in [7, 11) is 0. The van der Waals surface area contributed by atoms with Crippen LogP contribution < -0.4 is 0 Å². The highest BCUT2D eigenvalue weighted by Gasteiger charge is 2.10. The highest BCUT2D eigenvalue weighted by molar-refractivity contribution is 9.10. The van der Waals surface area contributed by atoms with Gasteiger partial charge in [-0.1, -0.05) is 15.9 Å². The molecular formula is C10H9BrN2O2. The standard InChI is InChI=1S/C10H9BrN2O2/c1-2-15-10(14)13-9-4-3-8(11)5-7(9)6-12-13/h3-6H,2H2,1H3. The summed E-state index contributed by atoms with van der Waals surface area (Å²) in [6.45, 7) is 2.11. The van der Waals surface area contributed by atoms with Gasteiger partial charge in [0, 0.05) is 9.86 Å². The Morgan fingerprint density at radius 3 is 3.13 bits per heavy atom. The minimum absolute atomic E-state index is 0.344. The molecule has 5 heteroatoms. The van der Waals surface area contributed by atoms with E-state index in [1.807, 2.05) is 18.2 Å². The van der Waals surface area contributed by atoms with E-state index < -0.39 is 6.09 Å². The Kier molecular flexibility index (Phi) is 2.73. The molecule has 2 rings (SSSR count). The second-order valence-corrected chi connectivity index (χ2v) is 3.87. The number of aromatic nitrogens is 2. The van der Waals surface area contributed by atoms with Crippen LogP contribution >= 0.6 is 15.9 Å². The molecule has 0 aliphatic heterocycles. The third-order valence-electron chi connectivity index (χ3n) is 1.97. The number of carbonyl (C=O) groups excluding carboxylic acids is 1. The van der Waals surface area contributed by atoms with Crippen LogP contribution in [0.5, 0.6) is 0 Å². The first-order valence-corrected chi connectivity index (χ1v) is 5.32. The van der Waals surface area contributed by atoms with E-state index in [4.69, 9.17) is 4.74 Å². The first-order valence-electron chi connectivity index (χ1n) is 4.53. The number of hydrogen-bond donors (Lipinski definition) is 0. The summed E-state index contributed by atoms with van der Waals surface area (Å²) in [4.78, 5) is 11.5. The van der Waals surface area contributed by atoms with Crippen molar-refractivity contribution in [2.45, 2.75) is 6.92 Å². The number of nitrogens with zero attached hydrogens (tertiary/aromatic N) is 2. The molecule has 78 valence electrons. The van der Waals surface area contributed by atoms with Gasteiger partial charge in [0.25, 0.3) is 0 Å². The number of halogens is 1. The molecule has 15 heavy (non-hydrogen) atoms. The maximum Gasteiger partial charge on any atom is 0.435 e. The van der Waals surface area contributed by atoms with Crippen LogP contribution in [0.1, 0.15) is 6.92 Å². The topological polar surface area (TPSA) is 44.1 Å². The number of benzene rings is 1. The van der Waals surface area contributed by atoms with Crippen LogP contribution in [-0.4, -0.2) is 22.5 Å². The highest BCUT2D eigenvalue weighted by Crippen LogP contribution is 2.19. The van der Waals surface area contributed by atoms with Gasteiger partial charge in [0.1, 0.15) is 0 Å². The summed E-state index contributed by atoms with van der Waals surface area (Å²) in [5.41, 5.74) is 0.747. The van der Waals surface area contributed by atoms with Gasteiger partial charge in [-0.15, -0.1) is 0 Å². The molecule has 0 unspecified atom stereocenters. The molecule has 0 atom stereocenters. The predicted molar refractivity (Wildman–Crippen MR) is 59.9 cm³/mol. The molecule has 2 aromatic rings. The van der Waals surface area contributed by atoms with Gasteiger partial charge in [-0.3, -0.25) is 0 Å². The van der Waals surface area contributed by atoms with Gasteiger partial charge in [-0.25, -0.2) is 4.79 Å². The van der Waals surface area contributed by atoms with Gasteiger partial charge >= 0.3 is 6.09 Å². The lowest BCUT2D eigenvalue weighted by Crippen LogP contribution is -2.14. The van der Waals surface area contributed by atoms with E-state index in [0.717, 1.165) is 15.4 Å².